The highest BCUT2D eigenvalue weighted by Gasteiger charge is 2.80. The maximum absolute atomic E-state index is 17.6. The number of rotatable bonds is 3. The fourth-order valence-electron chi connectivity index (χ4n) is 8.86. The van der Waals surface area contributed by atoms with Crippen LogP contribution in [0, 0.1) is 33.9 Å². The summed E-state index contributed by atoms with van der Waals surface area (Å²) in [4.78, 5) is 26.4. The molecule has 0 radical (unpaired) electrons. The number of ketones is 2. The molecule has 5 nitrogen and oxygen atoms in total. The molecule has 1 N–H and O–H groups in total. The van der Waals surface area contributed by atoms with E-state index < -0.39 is 75.6 Å². The van der Waals surface area contributed by atoms with Gasteiger partial charge in [-0.2, -0.15) is 0 Å². The second-order valence-corrected chi connectivity index (χ2v) is 14.1. The molecule has 0 aromatic heterocycles. The average molecular weight is 559 g/mol. The number of carbonyl (C=O) groups excluding carboxylic acids is 2. The molecule has 1 aliphatic heterocycles. The SMILES string of the molecule is CC(C)(C)CC(=O)[C@@]12OC(c3cccc(F)c3)O[C@@H]1C[C@H]1[C@@H]3C[C@H](F)C4=CC(=O)C=C[C@]4(C)[C@@]3(F)[C@@H](O)C[C@@]12C. The summed E-state index contributed by atoms with van der Waals surface area (Å²) < 4.78 is 60.5. The van der Waals surface area contributed by atoms with Crippen molar-refractivity contribution in [2.45, 2.75) is 96.2 Å². The van der Waals surface area contributed by atoms with Crippen LogP contribution in [0.3, 0.4) is 0 Å². The Hall–Kier alpha value is -2.29. The Bertz CT molecular complexity index is 1330. The van der Waals surface area contributed by atoms with Crippen molar-refractivity contribution in [1.29, 1.82) is 0 Å². The van der Waals surface area contributed by atoms with Crippen molar-refractivity contribution in [3.63, 3.8) is 0 Å². The number of carbonyl (C=O) groups is 2. The number of halogens is 3. The molecule has 1 heterocycles. The largest absolute Gasteiger partial charge is 0.390 e. The highest BCUT2D eigenvalue weighted by atomic mass is 19.1. The molecule has 5 aliphatic rings. The van der Waals surface area contributed by atoms with Crippen LogP contribution in [0.25, 0.3) is 0 Å². The molecule has 40 heavy (non-hydrogen) atoms. The standard InChI is InChI=1S/C32H37F3O5/c1-28(2,3)15-25(38)32-26(39-27(40-32)17-7-6-8-18(33)11-17)14-20-21-13-23(34)22-12-19(36)9-10-29(22,4)31(21,35)24(37)16-30(20,32)5/h6-12,20-21,23-24,26-27,37H,13-16H2,1-5H3/t20-,21-,23-,24-,26+,27?,29-,30-,31-,32+/m0/s1. The molecular weight excluding hydrogens is 521 g/mol. The molecule has 1 aromatic carbocycles. The Labute approximate surface area is 232 Å². The van der Waals surface area contributed by atoms with Crippen LogP contribution in [0.4, 0.5) is 13.2 Å². The normalized spacial score (nSPS) is 45.8. The van der Waals surface area contributed by atoms with E-state index in [1.54, 1.807) is 19.1 Å². The lowest BCUT2D eigenvalue weighted by atomic mass is 9.44. The molecule has 216 valence electrons. The van der Waals surface area contributed by atoms with E-state index in [0.29, 0.717) is 5.56 Å². The zero-order valence-corrected chi connectivity index (χ0v) is 23.5. The fourth-order valence-corrected chi connectivity index (χ4v) is 8.86. The zero-order chi connectivity index (χ0) is 29.0. The van der Waals surface area contributed by atoms with Crippen LogP contribution in [-0.4, -0.2) is 46.3 Å². The van der Waals surface area contributed by atoms with Crippen LogP contribution in [0.15, 0.2) is 48.1 Å². The lowest BCUT2D eigenvalue weighted by Crippen LogP contribution is -2.70. The number of ether oxygens (including phenoxy) is 2. The van der Waals surface area contributed by atoms with E-state index in [-0.39, 0.29) is 37.0 Å². The third-order valence-electron chi connectivity index (χ3n) is 10.6. The number of Topliss-reactive ketones (excluding diaryl/α,β-unsaturated/α-hetero) is 1. The molecule has 0 amide bonds. The highest BCUT2D eigenvalue weighted by molar-refractivity contribution is 6.01. The smallest absolute Gasteiger partial charge is 0.185 e. The first-order valence-electron chi connectivity index (χ1n) is 14.2. The fraction of sp³-hybridized carbons (Fsp3) is 0.625. The number of alkyl halides is 2. The minimum atomic E-state index is -2.27. The van der Waals surface area contributed by atoms with E-state index in [1.807, 2.05) is 27.7 Å². The molecule has 1 aromatic rings. The molecule has 1 unspecified atom stereocenters. The summed E-state index contributed by atoms with van der Waals surface area (Å²) in [5, 5.41) is 11.7. The lowest BCUT2D eigenvalue weighted by Gasteiger charge is -2.63. The number of aliphatic hydroxyl groups excluding tert-OH is 1. The Morgan fingerprint density at radius 3 is 2.58 bits per heavy atom. The predicted molar refractivity (Wildman–Crippen MR) is 141 cm³/mol. The molecule has 3 saturated carbocycles. The molecule has 1 saturated heterocycles. The second kappa shape index (κ2) is 8.62. The number of aliphatic hydroxyl groups is 1. The van der Waals surface area contributed by atoms with Gasteiger partial charge in [0.15, 0.2) is 29.1 Å². The maximum Gasteiger partial charge on any atom is 0.185 e. The minimum absolute atomic E-state index is 0.0526. The van der Waals surface area contributed by atoms with E-state index >= 15 is 8.78 Å². The Morgan fingerprint density at radius 1 is 1.18 bits per heavy atom. The van der Waals surface area contributed by atoms with E-state index in [4.69, 9.17) is 9.47 Å². The first kappa shape index (κ1) is 27.9. The lowest BCUT2D eigenvalue weighted by molar-refractivity contribution is -0.235. The first-order valence-corrected chi connectivity index (χ1v) is 14.2. The molecule has 0 bridgehead atoms. The van der Waals surface area contributed by atoms with Gasteiger partial charge < -0.3 is 14.6 Å². The number of fused-ring (bicyclic) bond motifs is 7. The summed E-state index contributed by atoms with van der Waals surface area (Å²) in [7, 11) is 0. The van der Waals surface area contributed by atoms with Gasteiger partial charge in [0.25, 0.3) is 0 Å². The molecule has 4 fully saturated rings. The van der Waals surface area contributed by atoms with Gasteiger partial charge in [-0.05, 0) is 67.4 Å². The van der Waals surface area contributed by atoms with E-state index in [9.17, 15) is 19.1 Å². The molecule has 8 heteroatoms. The second-order valence-electron chi connectivity index (χ2n) is 14.1. The summed E-state index contributed by atoms with van der Waals surface area (Å²) in [6.45, 7) is 9.20. The van der Waals surface area contributed by atoms with Crippen molar-refractivity contribution >= 4 is 11.6 Å². The summed E-state index contributed by atoms with van der Waals surface area (Å²) >= 11 is 0. The molecular formula is C32H37F3O5. The molecule has 10 atom stereocenters. The maximum atomic E-state index is 17.6. The van der Waals surface area contributed by atoms with Gasteiger partial charge in [0, 0.05) is 28.7 Å². The van der Waals surface area contributed by atoms with Gasteiger partial charge in [-0.1, -0.05) is 45.9 Å². The van der Waals surface area contributed by atoms with Gasteiger partial charge in [0.2, 0.25) is 0 Å². The van der Waals surface area contributed by atoms with Crippen molar-refractivity contribution in [3.05, 3.63) is 59.4 Å². The number of hydrogen-bond donors (Lipinski definition) is 1. The topological polar surface area (TPSA) is 72.8 Å². The highest BCUT2D eigenvalue weighted by Crippen LogP contribution is 2.73. The monoisotopic (exact) mass is 558 g/mol. The molecule has 6 rings (SSSR count). The van der Waals surface area contributed by atoms with Crippen molar-refractivity contribution < 1.29 is 37.3 Å². The zero-order valence-electron chi connectivity index (χ0n) is 23.5. The van der Waals surface area contributed by atoms with Crippen LogP contribution in [0.5, 0.6) is 0 Å². The van der Waals surface area contributed by atoms with Crippen molar-refractivity contribution in [3.8, 4) is 0 Å². The third-order valence-corrected chi connectivity index (χ3v) is 10.6. The van der Waals surface area contributed by atoms with Gasteiger partial charge in [-0.3, -0.25) is 9.59 Å². The Balaban J connectivity index is 1.46. The minimum Gasteiger partial charge on any atom is -0.390 e. The van der Waals surface area contributed by atoms with Gasteiger partial charge in [-0.25, -0.2) is 13.2 Å². The average Bonchev–Trinajstić information content (AvgIpc) is 3.35. The van der Waals surface area contributed by atoms with Crippen molar-refractivity contribution in [1.82, 2.24) is 0 Å². The molecule has 4 aliphatic carbocycles. The van der Waals surface area contributed by atoms with Gasteiger partial charge in [0.1, 0.15) is 12.0 Å². The van der Waals surface area contributed by atoms with Crippen molar-refractivity contribution in [2.75, 3.05) is 0 Å². The number of benzene rings is 1. The van der Waals surface area contributed by atoms with E-state index in [1.165, 1.54) is 24.3 Å². The van der Waals surface area contributed by atoms with Crippen LogP contribution in [-0.2, 0) is 19.1 Å². The predicted octanol–water partition coefficient (Wildman–Crippen LogP) is 5.91. The van der Waals surface area contributed by atoms with Crippen LogP contribution in [0.2, 0.25) is 0 Å². The van der Waals surface area contributed by atoms with Crippen LogP contribution in [0.1, 0.15) is 72.2 Å². The summed E-state index contributed by atoms with van der Waals surface area (Å²) in [6.07, 6.45) is -1.10. The van der Waals surface area contributed by atoms with Gasteiger partial charge in [0.05, 0.1) is 12.2 Å². The number of allylic oxidation sites excluding steroid dienone is 4. The quantitative estimate of drug-likeness (QED) is 0.499. The number of hydrogen-bond acceptors (Lipinski definition) is 5. The summed E-state index contributed by atoms with van der Waals surface area (Å²) in [5.41, 5.74) is -6.33. The van der Waals surface area contributed by atoms with Crippen molar-refractivity contribution in [2.24, 2.45) is 28.1 Å². The Morgan fingerprint density at radius 2 is 1.90 bits per heavy atom. The van der Waals surface area contributed by atoms with Crippen LogP contribution < -0.4 is 0 Å². The first-order chi connectivity index (χ1) is 18.6. The summed E-state index contributed by atoms with van der Waals surface area (Å²) in [6, 6.07) is 5.82. The van der Waals surface area contributed by atoms with Gasteiger partial charge >= 0.3 is 0 Å². The third kappa shape index (κ3) is 3.51. The van der Waals surface area contributed by atoms with Gasteiger partial charge in [-0.15, -0.1) is 0 Å². The van der Waals surface area contributed by atoms with Crippen LogP contribution >= 0.6 is 0 Å². The Kier molecular flexibility index (Phi) is 6.00. The summed E-state index contributed by atoms with van der Waals surface area (Å²) in [5.74, 6) is -2.59. The van der Waals surface area contributed by atoms with E-state index in [2.05, 4.69) is 0 Å². The van der Waals surface area contributed by atoms with E-state index in [0.717, 1.165) is 6.08 Å². The molecule has 0 spiro atoms.